The number of aliphatic hydroxyl groups is 1. The van der Waals surface area contributed by atoms with Gasteiger partial charge in [0.05, 0.1) is 21.3 Å². The Morgan fingerprint density at radius 2 is 1.55 bits per heavy atom. The number of aliphatic hydroxyl groups excluding tert-OH is 1. The van der Waals surface area contributed by atoms with E-state index in [9.17, 15) is 5.11 Å². The highest BCUT2D eigenvalue weighted by molar-refractivity contribution is 5.42. The number of hydrogen-bond donors (Lipinski definition) is 1. The molecule has 2 aromatic rings. The highest BCUT2D eigenvalue weighted by Crippen LogP contribution is 2.28. The third-order valence-corrected chi connectivity index (χ3v) is 4.99. The minimum absolute atomic E-state index is 0.227. The monoisotopic (exact) mass is 403 g/mol. The Kier molecular flexibility index (Phi) is 9.09. The maximum atomic E-state index is 10.6. The Balaban J connectivity index is 1.98. The van der Waals surface area contributed by atoms with Crippen LogP contribution in [-0.4, -0.2) is 56.6 Å². The molecule has 0 aromatic heterocycles. The van der Waals surface area contributed by atoms with Gasteiger partial charge in [-0.1, -0.05) is 13.0 Å². The van der Waals surface area contributed by atoms with Crippen molar-refractivity contribution in [3.63, 3.8) is 0 Å². The zero-order valence-corrected chi connectivity index (χ0v) is 18.1. The second-order valence-electron chi connectivity index (χ2n) is 7.02. The summed E-state index contributed by atoms with van der Waals surface area (Å²) in [4.78, 5) is 2.25. The van der Waals surface area contributed by atoms with Gasteiger partial charge < -0.3 is 24.1 Å². The average Bonchev–Trinajstić information content (AvgIpc) is 2.76. The molecule has 0 aliphatic heterocycles. The van der Waals surface area contributed by atoms with Gasteiger partial charge in [-0.2, -0.15) is 0 Å². The zero-order chi connectivity index (χ0) is 21.2. The average molecular weight is 404 g/mol. The summed E-state index contributed by atoms with van der Waals surface area (Å²) in [5.41, 5.74) is 1.10. The fraction of sp³-hybridized carbons (Fsp3) is 0.478. The van der Waals surface area contributed by atoms with E-state index in [2.05, 4.69) is 18.7 Å². The SMILES string of the molecule is CC[C@H](C)N(Cc1ccc(OC)c(OC)c1)C[C@H](O)COc1ccc(OC)cc1. The van der Waals surface area contributed by atoms with Crippen LogP contribution < -0.4 is 18.9 Å². The molecular weight excluding hydrogens is 370 g/mol. The largest absolute Gasteiger partial charge is 0.497 e. The number of nitrogens with zero attached hydrogens (tertiary/aromatic N) is 1. The van der Waals surface area contributed by atoms with Gasteiger partial charge in [-0.3, -0.25) is 4.90 Å². The molecule has 6 heteroatoms. The van der Waals surface area contributed by atoms with E-state index in [1.807, 2.05) is 42.5 Å². The van der Waals surface area contributed by atoms with Gasteiger partial charge in [0, 0.05) is 19.1 Å². The van der Waals surface area contributed by atoms with Gasteiger partial charge in [-0.25, -0.2) is 0 Å². The van der Waals surface area contributed by atoms with Crippen LogP contribution >= 0.6 is 0 Å². The van der Waals surface area contributed by atoms with Crippen LogP contribution in [0.2, 0.25) is 0 Å². The molecule has 2 atom stereocenters. The van der Waals surface area contributed by atoms with Crippen LogP contribution in [0.3, 0.4) is 0 Å². The minimum Gasteiger partial charge on any atom is -0.497 e. The predicted molar refractivity (Wildman–Crippen MR) is 114 cm³/mol. The molecular formula is C23H33NO5. The maximum Gasteiger partial charge on any atom is 0.161 e. The lowest BCUT2D eigenvalue weighted by Crippen LogP contribution is -2.40. The lowest BCUT2D eigenvalue weighted by molar-refractivity contribution is 0.0506. The summed E-state index contributed by atoms with van der Waals surface area (Å²) in [6.45, 7) is 5.75. The van der Waals surface area contributed by atoms with Gasteiger partial charge in [-0.05, 0) is 55.3 Å². The Hall–Kier alpha value is -2.44. The lowest BCUT2D eigenvalue weighted by Gasteiger charge is -2.30. The van der Waals surface area contributed by atoms with E-state index >= 15 is 0 Å². The third-order valence-electron chi connectivity index (χ3n) is 4.99. The van der Waals surface area contributed by atoms with Crippen molar-refractivity contribution in [3.8, 4) is 23.0 Å². The molecule has 0 radical (unpaired) electrons. The Morgan fingerprint density at radius 3 is 2.14 bits per heavy atom. The van der Waals surface area contributed by atoms with Crippen molar-refractivity contribution < 1.29 is 24.1 Å². The summed E-state index contributed by atoms with van der Waals surface area (Å²) >= 11 is 0. The molecule has 2 aromatic carbocycles. The highest BCUT2D eigenvalue weighted by atomic mass is 16.5. The second kappa shape index (κ2) is 11.5. The van der Waals surface area contributed by atoms with Crippen molar-refractivity contribution in [1.29, 1.82) is 0 Å². The minimum atomic E-state index is -0.605. The molecule has 0 aliphatic rings. The van der Waals surface area contributed by atoms with Crippen molar-refractivity contribution in [2.45, 2.75) is 39.0 Å². The van der Waals surface area contributed by atoms with E-state index < -0.39 is 6.10 Å². The molecule has 0 spiro atoms. The van der Waals surface area contributed by atoms with E-state index in [0.29, 0.717) is 36.4 Å². The van der Waals surface area contributed by atoms with Crippen LogP contribution in [0, 0.1) is 0 Å². The van der Waals surface area contributed by atoms with E-state index in [0.717, 1.165) is 17.7 Å². The molecule has 1 N–H and O–H groups in total. The summed E-state index contributed by atoms with van der Waals surface area (Å²) in [5, 5.41) is 10.6. The van der Waals surface area contributed by atoms with Crippen molar-refractivity contribution in [3.05, 3.63) is 48.0 Å². The summed E-state index contributed by atoms with van der Waals surface area (Å²) in [7, 11) is 4.89. The normalized spacial score (nSPS) is 13.1. The Labute approximate surface area is 174 Å². The van der Waals surface area contributed by atoms with Crippen LogP contribution in [0.25, 0.3) is 0 Å². The van der Waals surface area contributed by atoms with Crippen LogP contribution in [0.5, 0.6) is 23.0 Å². The molecule has 0 amide bonds. The molecule has 6 nitrogen and oxygen atoms in total. The van der Waals surface area contributed by atoms with Gasteiger partial charge in [0.2, 0.25) is 0 Å². The van der Waals surface area contributed by atoms with Crippen LogP contribution in [0.4, 0.5) is 0 Å². The summed E-state index contributed by atoms with van der Waals surface area (Å²) < 4.78 is 21.6. The second-order valence-corrected chi connectivity index (χ2v) is 7.02. The molecule has 2 rings (SSSR count). The third kappa shape index (κ3) is 6.84. The fourth-order valence-corrected chi connectivity index (χ4v) is 3.06. The molecule has 0 heterocycles. The summed E-state index contributed by atoms with van der Waals surface area (Å²) in [6.07, 6.45) is 0.380. The first kappa shape index (κ1) is 22.8. The standard InChI is InChI=1S/C23H33NO5/c1-6-17(2)24(14-18-7-12-22(27-4)23(13-18)28-5)15-19(25)16-29-21-10-8-20(26-3)9-11-21/h7-13,17,19,25H,6,14-16H2,1-5H3/t17-,19-/m0/s1. The van der Waals surface area contributed by atoms with Gasteiger partial charge in [0.15, 0.2) is 11.5 Å². The van der Waals surface area contributed by atoms with Crippen molar-refractivity contribution in [2.24, 2.45) is 0 Å². The molecule has 0 aliphatic carbocycles. The van der Waals surface area contributed by atoms with E-state index in [1.54, 1.807) is 21.3 Å². The molecule has 0 bridgehead atoms. The summed E-state index contributed by atoms with van der Waals surface area (Å²) in [6, 6.07) is 13.6. The molecule has 160 valence electrons. The van der Waals surface area contributed by atoms with Crippen molar-refractivity contribution in [2.75, 3.05) is 34.5 Å². The first-order valence-corrected chi connectivity index (χ1v) is 9.90. The van der Waals surface area contributed by atoms with E-state index in [4.69, 9.17) is 18.9 Å². The quantitative estimate of drug-likeness (QED) is 0.582. The van der Waals surface area contributed by atoms with Crippen LogP contribution in [-0.2, 0) is 6.54 Å². The lowest BCUT2D eigenvalue weighted by atomic mass is 10.1. The number of methoxy groups -OCH3 is 3. The molecule has 0 saturated carbocycles. The Bertz CT molecular complexity index is 735. The maximum absolute atomic E-state index is 10.6. The zero-order valence-electron chi connectivity index (χ0n) is 18.1. The van der Waals surface area contributed by atoms with Gasteiger partial charge in [0.25, 0.3) is 0 Å². The van der Waals surface area contributed by atoms with E-state index in [-0.39, 0.29) is 6.61 Å². The van der Waals surface area contributed by atoms with Gasteiger partial charge in [0.1, 0.15) is 24.2 Å². The van der Waals surface area contributed by atoms with Crippen LogP contribution in [0.1, 0.15) is 25.8 Å². The number of hydrogen-bond acceptors (Lipinski definition) is 6. The van der Waals surface area contributed by atoms with Gasteiger partial charge in [-0.15, -0.1) is 0 Å². The van der Waals surface area contributed by atoms with E-state index in [1.165, 1.54) is 0 Å². The first-order chi connectivity index (χ1) is 14.0. The number of ether oxygens (including phenoxy) is 4. The molecule has 29 heavy (non-hydrogen) atoms. The Morgan fingerprint density at radius 1 is 0.897 bits per heavy atom. The summed E-state index contributed by atoms with van der Waals surface area (Å²) in [5.74, 6) is 2.90. The predicted octanol–water partition coefficient (Wildman–Crippen LogP) is 3.75. The van der Waals surface area contributed by atoms with Crippen molar-refractivity contribution in [1.82, 2.24) is 4.90 Å². The molecule has 0 fully saturated rings. The van der Waals surface area contributed by atoms with Gasteiger partial charge >= 0.3 is 0 Å². The number of benzene rings is 2. The molecule has 0 unspecified atom stereocenters. The molecule has 0 saturated heterocycles. The van der Waals surface area contributed by atoms with Crippen LogP contribution in [0.15, 0.2) is 42.5 Å². The number of rotatable bonds is 12. The van der Waals surface area contributed by atoms with Crippen molar-refractivity contribution >= 4 is 0 Å². The highest BCUT2D eigenvalue weighted by Gasteiger charge is 2.18. The first-order valence-electron chi connectivity index (χ1n) is 9.90. The fourth-order valence-electron chi connectivity index (χ4n) is 3.06. The topological polar surface area (TPSA) is 60.4 Å². The smallest absolute Gasteiger partial charge is 0.161 e.